The third-order valence-corrected chi connectivity index (χ3v) is 5.48. The number of hydrogen-bond acceptors (Lipinski definition) is 4. The lowest BCUT2D eigenvalue weighted by Gasteiger charge is -2.18. The van der Waals surface area contributed by atoms with Crippen LogP contribution >= 0.6 is 0 Å². The first kappa shape index (κ1) is 21.0. The van der Waals surface area contributed by atoms with Crippen molar-refractivity contribution in [3.8, 4) is 11.1 Å². The van der Waals surface area contributed by atoms with Gasteiger partial charge in [-0.25, -0.2) is 9.59 Å². The Balaban J connectivity index is 1.45. The number of nitrogens with zero attached hydrogens (tertiary/aromatic N) is 3. The second kappa shape index (κ2) is 9.24. The Bertz CT molecular complexity index is 1160. The molecular formula is C24H20N4O4. The zero-order valence-electron chi connectivity index (χ0n) is 17.0. The Hall–Kier alpha value is -4.29. The molecule has 2 N–H and O–H groups in total. The van der Waals surface area contributed by atoms with Gasteiger partial charge in [0, 0.05) is 10.8 Å². The van der Waals surface area contributed by atoms with E-state index >= 15 is 0 Å². The van der Waals surface area contributed by atoms with Gasteiger partial charge in [0.2, 0.25) is 0 Å². The van der Waals surface area contributed by atoms with Crippen LogP contribution in [0.2, 0.25) is 0 Å². The van der Waals surface area contributed by atoms with Crippen molar-refractivity contribution in [1.29, 1.82) is 0 Å². The number of amides is 1. The number of carbonyl (C=O) groups excluding carboxylic acids is 1. The number of carboxylic acid groups (broad SMARTS) is 1. The van der Waals surface area contributed by atoms with Crippen LogP contribution in [0.5, 0.6) is 0 Å². The number of nitrogens with one attached hydrogen (secondary N) is 1. The van der Waals surface area contributed by atoms with Crippen molar-refractivity contribution in [3.05, 3.63) is 105 Å². The first-order valence-corrected chi connectivity index (χ1v) is 10.0. The lowest BCUT2D eigenvalue weighted by molar-refractivity contribution is -0.139. The minimum Gasteiger partial charge on any atom is -0.479 e. The number of aliphatic carboxylic acids is 1. The lowest BCUT2D eigenvalue weighted by atomic mass is 9.98. The first-order valence-electron chi connectivity index (χ1n) is 10.0. The number of carbonyl (C=O) groups is 2. The number of azide groups is 1. The van der Waals surface area contributed by atoms with Crippen LogP contribution in [0.4, 0.5) is 4.79 Å². The van der Waals surface area contributed by atoms with E-state index in [1.807, 2.05) is 48.5 Å². The summed E-state index contributed by atoms with van der Waals surface area (Å²) < 4.78 is 5.45. The summed E-state index contributed by atoms with van der Waals surface area (Å²) in [4.78, 5) is 26.9. The molecular weight excluding hydrogens is 408 g/mol. The topological polar surface area (TPSA) is 124 Å². The van der Waals surface area contributed by atoms with Gasteiger partial charge in [0.1, 0.15) is 6.61 Å². The molecule has 1 aliphatic rings. The van der Waals surface area contributed by atoms with Crippen LogP contribution < -0.4 is 5.32 Å². The highest BCUT2D eigenvalue weighted by Crippen LogP contribution is 2.44. The van der Waals surface area contributed by atoms with E-state index in [1.165, 1.54) is 0 Å². The van der Waals surface area contributed by atoms with E-state index in [-0.39, 0.29) is 19.1 Å². The molecule has 8 nitrogen and oxygen atoms in total. The van der Waals surface area contributed by atoms with Crippen LogP contribution in [-0.2, 0) is 16.1 Å². The zero-order valence-corrected chi connectivity index (χ0v) is 17.0. The number of carboxylic acids is 1. The van der Waals surface area contributed by atoms with Crippen molar-refractivity contribution < 1.29 is 19.4 Å². The number of hydrogen-bond donors (Lipinski definition) is 2. The van der Waals surface area contributed by atoms with Gasteiger partial charge in [-0.1, -0.05) is 77.9 Å². The highest BCUT2D eigenvalue weighted by Gasteiger charge is 2.30. The van der Waals surface area contributed by atoms with Gasteiger partial charge < -0.3 is 15.2 Å². The van der Waals surface area contributed by atoms with E-state index in [0.717, 1.165) is 27.8 Å². The quantitative estimate of drug-likeness (QED) is 0.306. The number of benzene rings is 3. The molecule has 4 rings (SSSR count). The summed E-state index contributed by atoms with van der Waals surface area (Å²) in [5, 5.41) is 15.5. The lowest BCUT2D eigenvalue weighted by Crippen LogP contribution is -2.34. The normalized spacial score (nSPS) is 12.8. The van der Waals surface area contributed by atoms with Gasteiger partial charge in [0.05, 0.1) is 6.54 Å². The molecule has 0 saturated carbocycles. The smallest absolute Gasteiger partial charge is 0.408 e. The second-order valence-corrected chi connectivity index (χ2v) is 7.37. The molecule has 0 radical (unpaired) electrons. The monoisotopic (exact) mass is 428 g/mol. The SMILES string of the molecule is [N-]=[N+]=NCc1ccc(C(NC(=O)OCC2c3ccccc3-c3ccccc32)C(=O)O)cc1. The van der Waals surface area contributed by atoms with E-state index in [4.69, 9.17) is 10.3 Å². The minimum atomic E-state index is -1.26. The van der Waals surface area contributed by atoms with Crippen molar-refractivity contribution in [2.24, 2.45) is 5.11 Å². The van der Waals surface area contributed by atoms with Crippen LogP contribution in [-0.4, -0.2) is 23.8 Å². The number of rotatable bonds is 7. The van der Waals surface area contributed by atoms with Gasteiger partial charge in [-0.05, 0) is 38.9 Å². The van der Waals surface area contributed by atoms with Crippen LogP contribution in [0, 0.1) is 0 Å². The van der Waals surface area contributed by atoms with Crippen LogP contribution in [0.15, 0.2) is 77.9 Å². The Kier molecular flexibility index (Phi) is 6.05. The minimum absolute atomic E-state index is 0.0945. The summed E-state index contributed by atoms with van der Waals surface area (Å²) in [7, 11) is 0. The van der Waals surface area contributed by atoms with Crippen LogP contribution in [0.3, 0.4) is 0 Å². The summed E-state index contributed by atoms with van der Waals surface area (Å²) in [5.41, 5.74) is 13.9. The highest BCUT2D eigenvalue weighted by atomic mass is 16.5. The van der Waals surface area contributed by atoms with Gasteiger partial charge in [-0.2, -0.15) is 0 Å². The molecule has 32 heavy (non-hydrogen) atoms. The van der Waals surface area contributed by atoms with Gasteiger partial charge >= 0.3 is 12.1 Å². The van der Waals surface area contributed by atoms with E-state index in [2.05, 4.69) is 15.3 Å². The Morgan fingerprint density at radius 3 is 2.16 bits per heavy atom. The fourth-order valence-corrected chi connectivity index (χ4v) is 3.97. The van der Waals surface area contributed by atoms with Crippen molar-refractivity contribution in [2.75, 3.05) is 6.61 Å². The predicted octanol–water partition coefficient (Wildman–Crippen LogP) is 5.16. The summed E-state index contributed by atoms with van der Waals surface area (Å²) >= 11 is 0. The largest absolute Gasteiger partial charge is 0.479 e. The molecule has 0 saturated heterocycles. The molecule has 0 aromatic heterocycles. The third-order valence-electron chi connectivity index (χ3n) is 5.48. The third kappa shape index (κ3) is 4.26. The van der Waals surface area contributed by atoms with Crippen LogP contribution in [0.25, 0.3) is 21.6 Å². The fraction of sp³-hybridized carbons (Fsp3) is 0.167. The van der Waals surface area contributed by atoms with Crippen molar-refractivity contribution >= 4 is 12.1 Å². The number of fused-ring (bicyclic) bond motifs is 3. The van der Waals surface area contributed by atoms with Gasteiger partial charge in [0.25, 0.3) is 0 Å². The second-order valence-electron chi connectivity index (χ2n) is 7.37. The average Bonchev–Trinajstić information content (AvgIpc) is 3.14. The molecule has 1 amide bonds. The highest BCUT2D eigenvalue weighted by molar-refractivity contribution is 5.82. The molecule has 1 unspecified atom stereocenters. The molecule has 3 aromatic carbocycles. The van der Waals surface area contributed by atoms with E-state index in [1.54, 1.807) is 24.3 Å². The summed E-state index contributed by atoms with van der Waals surface area (Å²) in [6.07, 6.45) is -0.808. The van der Waals surface area contributed by atoms with E-state index in [9.17, 15) is 14.7 Å². The molecule has 1 atom stereocenters. The van der Waals surface area contributed by atoms with Crippen molar-refractivity contribution in [2.45, 2.75) is 18.5 Å². The molecule has 0 spiro atoms. The maximum absolute atomic E-state index is 12.5. The molecule has 160 valence electrons. The van der Waals surface area contributed by atoms with Crippen LogP contribution in [0.1, 0.15) is 34.2 Å². The van der Waals surface area contributed by atoms with Crippen molar-refractivity contribution in [3.63, 3.8) is 0 Å². The molecule has 8 heteroatoms. The molecule has 3 aromatic rings. The van der Waals surface area contributed by atoms with Gasteiger partial charge in [-0.15, -0.1) is 0 Å². The molecule has 0 aliphatic heterocycles. The molecule has 0 bridgehead atoms. The Labute approximate surface area is 184 Å². The molecule has 0 fully saturated rings. The molecule has 0 heterocycles. The first-order chi connectivity index (χ1) is 15.6. The Morgan fingerprint density at radius 2 is 1.59 bits per heavy atom. The van der Waals surface area contributed by atoms with E-state index in [0.29, 0.717) is 5.56 Å². The van der Waals surface area contributed by atoms with Gasteiger partial charge in [0.15, 0.2) is 6.04 Å². The summed E-state index contributed by atoms with van der Waals surface area (Å²) in [6.45, 7) is 0.256. The molecule has 1 aliphatic carbocycles. The van der Waals surface area contributed by atoms with E-state index < -0.39 is 18.1 Å². The number of alkyl carbamates (subject to hydrolysis) is 1. The zero-order chi connectivity index (χ0) is 22.5. The maximum atomic E-state index is 12.5. The summed E-state index contributed by atoms with van der Waals surface area (Å²) in [6, 6.07) is 21.1. The Morgan fingerprint density at radius 1 is 1.00 bits per heavy atom. The fourth-order valence-electron chi connectivity index (χ4n) is 3.97. The summed E-state index contributed by atoms with van der Waals surface area (Å²) in [5.74, 6) is -1.32. The maximum Gasteiger partial charge on any atom is 0.408 e. The van der Waals surface area contributed by atoms with Crippen molar-refractivity contribution in [1.82, 2.24) is 5.32 Å². The number of ether oxygens (including phenoxy) is 1. The van der Waals surface area contributed by atoms with Gasteiger partial charge in [-0.3, -0.25) is 0 Å². The average molecular weight is 428 g/mol. The standard InChI is InChI=1S/C24H20N4O4/c25-28-26-13-15-9-11-16(12-10-15)22(23(29)30)27-24(31)32-14-21-19-7-3-1-5-17(19)18-6-2-4-8-20(18)21/h1-12,21-22H,13-14H2,(H,27,31)(H,29,30). The predicted molar refractivity (Wildman–Crippen MR) is 118 cm³/mol.